The summed E-state index contributed by atoms with van der Waals surface area (Å²) in [5.74, 6) is 0.215. The Morgan fingerprint density at radius 3 is 2.21 bits per heavy atom. The molecule has 29 heavy (non-hydrogen) atoms. The topological polar surface area (TPSA) is 75.7 Å². The molecule has 0 bridgehead atoms. The lowest BCUT2D eigenvalue weighted by Gasteiger charge is -2.25. The molecule has 1 N–H and O–H groups in total. The maximum absolute atomic E-state index is 12.7. The molecule has 0 spiro atoms. The van der Waals surface area contributed by atoms with Gasteiger partial charge in [0.15, 0.2) is 0 Å². The van der Waals surface area contributed by atoms with Crippen LogP contribution in [0.5, 0.6) is 5.75 Å². The van der Waals surface area contributed by atoms with Gasteiger partial charge in [0, 0.05) is 0 Å². The van der Waals surface area contributed by atoms with E-state index in [9.17, 15) is 13.2 Å². The zero-order valence-corrected chi connectivity index (χ0v) is 19.2. The molecule has 0 unspecified atom stereocenters. The molecule has 1 amide bonds. The van der Waals surface area contributed by atoms with Crippen molar-refractivity contribution in [2.45, 2.75) is 19.4 Å². The van der Waals surface area contributed by atoms with Crippen LogP contribution in [0.2, 0.25) is 15.1 Å². The minimum atomic E-state index is -3.81. The van der Waals surface area contributed by atoms with Crippen molar-refractivity contribution in [2.24, 2.45) is 0 Å². The molecule has 0 fully saturated rings. The highest BCUT2D eigenvalue weighted by molar-refractivity contribution is 7.92. The fraction of sp³-hybridized carbons (Fsp3) is 0.316. The van der Waals surface area contributed by atoms with Crippen LogP contribution in [0, 0.1) is 0 Å². The van der Waals surface area contributed by atoms with Gasteiger partial charge in [0.2, 0.25) is 15.9 Å². The average molecular weight is 480 g/mol. The number of hydrogen-bond donors (Lipinski definition) is 1. The molecule has 2 aromatic carbocycles. The van der Waals surface area contributed by atoms with Gasteiger partial charge in [0.05, 0.1) is 40.2 Å². The van der Waals surface area contributed by atoms with E-state index < -0.39 is 22.5 Å². The molecule has 0 saturated carbocycles. The SMILES string of the molecule is CC[C@H](NC(=O)CN(c1cc(Cl)c(Cl)cc1Cl)S(C)(=O)=O)c1ccc(OC)cc1. The molecule has 10 heteroatoms. The van der Waals surface area contributed by atoms with Gasteiger partial charge in [-0.3, -0.25) is 9.10 Å². The Morgan fingerprint density at radius 2 is 1.69 bits per heavy atom. The van der Waals surface area contributed by atoms with Gasteiger partial charge in [0.1, 0.15) is 12.3 Å². The Morgan fingerprint density at radius 1 is 1.10 bits per heavy atom. The van der Waals surface area contributed by atoms with Gasteiger partial charge in [-0.25, -0.2) is 8.42 Å². The summed E-state index contributed by atoms with van der Waals surface area (Å²) in [5.41, 5.74) is 0.955. The van der Waals surface area contributed by atoms with Crippen LogP contribution in [-0.4, -0.2) is 34.2 Å². The Bertz CT molecular complexity index is 982. The summed E-state index contributed by atoms with van der Waals surface area (Å²) in [7, 11) is -2.24. The number of carbonyl (C=O) groups is 1. The second-order valence-corrected chi connectivity index (χ2v) is 9.42. The smallest absolute Gasteiger partial charge is 0.241 e. The molecule has 0 saturated heterocycles. The van der Waals surface area contributed by atoms with Crippen LogP contribution in [0.1, 0.15) is 24.9 Å². The third kappa shape index (κ3) is 6.15. The maximum atomic E-state index is 12.7. The lowest BCUT2D eigenvalue weighted by molar-refractivity contribution is -0.120. The normalized spacial score (nSPS) is 12.3. The molecule has 2 aromatic rings. The first-order valence-electron chi connectivity index (χ1n) is 8.62. The summed E-state index contributed by atoms with van der Waals surface area (Å²) in [4.78, 5) is 12.7. The number of nitrogens with one attached hydrogen (secondary N) is 1. The summed E-state index contributed by atoms with van der Waals surface area (Å²) >= 11 is 18.1. The van der Waals surface area contributed by atoms with Gasteiger partial charge in [-0.2, -0.15) is 0 Å². The average Bonchev–Trinajstić information content (AvgIpc) is 2.66. The molecule has 0 aromatic heterocycles. The maximum Gasteiger partial charge on any atom is 0.241 e. The number of rotatable bonds is 8. The number of sulfonamides is 1. The highest BCUT2D eigenvalue weighted by Gasteiger charge is 2.25. The molecule has 0 aliphatic carbocycles. The van der Waals surface area contributed by atoms with Crippen molar-refractivity contribution in [1.82, 2.24) is 5.32 Å². The Balaban J connectivity index is 2.25. The van der Waals surface area contributed by atoms with E-state index in [2.05, 4.69) is 5.32 Å². The standard InChI is InChI=1S/C19H21Cl3N2O4S/c1-4-17(12-5-7-13(28-2)8-6-12)23-19(25)11-24(29(3,26)27)18-10-15(21)14(20)9-16(18)22/h5-10,17H,4,11H2,1-3H3,(H,23,25)/t17-/m0/s1. The summed E-state index contributed by atoms with van der Waals surface area (Å²) in [6, 6.07) is 9.64. The van der Waals surface area contributed by atoms with Crippen molar-refractivity contribution in [3.63, 3.8) is 0 Å². The molecule has 2 rings (SSSR count). The van der Waals surface area contributed by atoms with Gasteiger partial charge >= 0.3 is 0 Å². The number of amides is 1. The Labute approximate surface area is 185 Å². The second-order valence-electron chi connectivity index (χ2n) is 6.29. The van der Waals surface area contributed by atoms with Crippen molar-refractivity contribution in [3.05, 3.63) is 57.0 Å². The van der Waals surface area contributed by atoms with Crippen LogP contribution < -0.4 is 14.4 Å². The number of anilines is 1. The van der Waals surface area contributed by atoms with Gasteiger partial charge in [-0.15, -0.1) is 0 Å². The number of methoxy groups -OCH3 is 1. The van der Waals surface area contributed by atoms with Gasteiger partial charge in [-0.1, -0.05) is 53.9 Å². The molecule has 1 atom stereocenters. The molecule has 0 radical (unpaired) electrons. The minimum absolute atomic E-state index is 0.0693. The Kier molecular flexibility index (Phi) is 8.05. The Hall–Kier alpha value is -1.67. The summed E-state index contributed by atoms with van der Waals surface area (Å²) < 4.78 is 30.7. The summed E-state index contributed by atoms with van der Waals surface area (Å²) in [6.45, 7) is 1.46. The van der Waals surface area contributed by atoms with Crippen molar-refractivity contribution < 1.29 is 17.9 Å². The lowest BCUT2D eigenvalue weighted by atomic mass is 10.0. The van der Waals surface area contributed by atoms with Gasteiger partial charge in [-0.05, 0) is 36.2 Å². The largest absolute Gasteiger partial charge is 0.497 e. The van der Waals surface area contributed by atoms with Crippen LogP contribution >= 0.6 is 34.8 Å². The molecule has 6 nitrogen and oxygen atoms in total. The molecule has 0 heterocycles. The first kappa shape index (κ1) is 23.6. The van der Waals surface area contributed by atoms with Crippen LogP contribution in [0.4, 0.5) is 5.69 Å². The molecule has 0 aliphatic rings. The minimum Gasteiger partial charge on any atom is -0.497 e. The van der Waals surface area contributed by atoms with E-state index in [1.165, 1.54) is 12.1 Å². The summed E-state index contributed by atoms with van der Waals surface area (Å²) in [6.07, 6.45) is 1.60. The fourth-order valence-electron chi connectivity index (χ4n) is 2.71. The van der Waals surface area contributed by atoms with E-state index in [0.29, 0.717) is 12.2 Å². The fourth-order valence-corrected chi connectivity index (χ4v) is 4.27. The van der Waals surface area contributed by atoms with Crippen molar-refractivity contribution in [1.29, 1.82) is 0 Å². The molecule has 158 valence electrons. The van der Waals surface area contributed by atoms with E-state index in [4.69, 9.17) is 39.5 Å². The van der Waals surface area contributed by atoms with Crippen molar-refractivity contribution in [3.8, 4) is 5.75 Å². The molecule has 0 aliphatic heterocycles. The number of hydrogen-bond acceptors (Lipinski definition) is 4. The third-order valence-corrected chi connectivity index (χ3v) is 6.36. The number of benzene rings is 2. The summed E-state index contributed by atoms with van der Waals surface area (Å²) in [5, 5.41) is 3.23. The molecular formula is C19H21Cl3N2O4S. The second kappa shape index (κ2) is 9.89. The van der Waals surface area contributed by atoms with E-state index in [1.807, 2.05) is 19.1 Å². The lowest BCUT2D eigenvalue weighted by Crippen LogP contribution is -2.41. The number of carbonyl (C=O) groups excluding carboxylic acids is 1. The van der Waals surface area contributed by atoms with Crippen LogP contribution in [0.15, 0.2) is 36.4 Å². The first-order valence-corrected chi connectivity index (χ1v) is 11.6. The van der Waals surface area contributed by atoms with Crippen LogP contribution in [-0.2, 0) is 14.8 Å². The van der Waals surface area contributed by atoms with E-state index in [0.717, 1.165) is 16.1 Å². The number of halogens is 3. The van der Waals surface area contributed by atoms with Crippen molar-refractivity contribution in [2.75, 3.05) is 24.2 Å². The highest BCUT2D eigenvalue weighted by atomic mass is 35.5. The van der Waals surface area contributed by atoms with Gasteiger partial charge < -0.3 is 10.1 Å². The van der Waals surface area contributed by atoms with E-state index in [-0.39, 0.29) is 26.8 Å². The number of nitrogens with zero attached hydrogens (tertiary/aromatic N) is 1. The van der Waals surface area contributed by atoms with E-state index in [1.54, 1.807) is 19.2 Å². The first-order chi connectivity index (χ1) is 13.6. The van der Waals surface area contributed by atoms with Crippen molar-refractivity contribution >= 4 is 56.4 Å². The van der Waals surface area contributed by atoms with Gasteiger partial charge in [0.25, 0.3) is 0 Å². The zero-order chi connectivity index (χ0) is 21.8. The monoisotopic (exact) mass is 478 g/mol. The highest BCUT2D eigenvalue weighted by Crippen LogP contribution is 2.35. The zero-order valence-electron chi connectivity index (χ0n) is 16.1. The molecular weight excluding hydrogens is 459 g/mol. The third-order valence-electron chi connectivity index (χ3n) is 4.21. The quantitative estimate of drug-likeness (QED) is 0.557. The van der Waals surface area contributed by atoms with E-state index >= 15 is 0 Å². The predicted octanol–water partition coefficient (Wildman–Crippen LogP) is 4.69. The van der Waals surface area contributed by atoms with Crippen LogP contribution in [0.25, 0.3) is 0 Å². The number of ether oxygens (including phenoxy) is 1. The van der Waals surface area contributed by atoms with Crippen LogP contribution in [0.3, 0.4) is 0 Å². The predicted molar refractivity (Wildman–Crippen MR) is 118 cm³/mol.